The number of nitrogens with one attached hydrogen (secondary N) is 1. The molecular weight excluding hydrogens is 354 g/mol. The highest BCUT2D eigenvalue weighted by atomic mass is 16.5. The number of likely N-dealkylation sites (tertiary alicyclic amines) is 1. The molecule has 1 unspecified atom stereocenters. The Balaban J connectivity index is 1.26. The van der Waals surface area contributed by atoms with Crippen molar-refractivity contribution in [2.24, 2.45) is 5.41 Å². The third kappa shape index (κ3) is 3.86. The highest BCUT2D eigenvalue weighted by molar-refractivity contribution is 5.94. The van der Waals surface area contributed by atoms with Crippen molar-refractivity contribution in [2.45, 2.75) is 31.7 Å². The van der Waals surface area contributed by atoms with Gasteiger partial charge in [-0.05, 0) is 54.5 Å². The number of aromatic nitrogens is 1. The van der Waals surface area contributed by atoms with Gasteiger partial charge in [0, 0.05) is 37.1 Å². The quantitative estimate of drug-likeness (QED) is 0.866. The van der Waals surface area contributed by atoms with Crippen molar-refractivity contribution in [3.05, 3.63) is 59.9 Å². The molecule has 1 aliphatic carbocycles. The van der Waals surface area contributed by atoms with Gasteiger partial charge in [-0.1, -0.05) is 12.1 Å². The van der Waals surface area contributed by atoms with Crippen LogP contribution in [0.2, 0.25) is 0 Å². The van der Waals surface area contributed by atoms with E-state index in [2.05, 4.69) is 10.3 Å². The summed E-state index contributed by atoms with van der Waals surface area (Å²) in [4.78, 5) is 30.8. The number of benzene rings is 1. The van der Waals surface area contributed by atoms with Gasteiger partial charge in [0.1, 0.15) is 5.75 Å². The topological polar surface area (TPSA) is 71.5 Å². The van der Waals surface area contributed by atoms with Gasteiger partial charge >= 0.3 is 0 Å². The fourth-order valence-corrected chi connectivity index (χ4v) is 4.08. The molecule has 6 heteroatoms. The van der Waals surface area contributed by atoms with E-state index in [9.17, 15) is 9.59 Å². The van der Waals surface area contributed by atoms with E-state index in [0.717, 1.165) is 43.7 Å². The van der Waals surface area contributed by atoms with E-state index < -0.39 is 0 Å². The highest BCUT2D eigenvalue weighted by Crippen LogP contribution is 2.54. The molecule has 2 fully saturated rings. The summed E-state index contributed by atoms with van der Waals surface area (Å²) in [6, 6.07) is 11.3. The van der Waals surface area contributed by atoms with Crippen LogP contribution in [0.25, 0.3) is 0 Å². The number of amides is 2. The molecule has 2 aromatic rings. The molecule has 1 spiro atoms. The van der Waals surface area contributed by atoms with E-state index >= 15 is 0 Å². The lowest BCUT2D eigenvalue weighted by Gasteiger charge is -2.33. The molecule has 1 N–H and O–H groups in total. The molecule has 1 saturated carbocycles. The van der Waals surface area contributed by atoms with Crippen LogP contribution in [0.15, 0.2) is 48.8 Å². The van der Waals surface area contributed by atoms with Crippen molar-refractivity contribution in [1.29, 1.82) is 0 Å². The average Bonchev–Trinajstić information content (AvgIpc) is 3.40. The zero-order chi connectivity index (χ0) is 19.6. The van der Waals surface area contributed by atoms with E-state index in [-0.39, 0.29) is 23.3 Å². The number of rotatable bonds is 5. The van der Waals surface area contributed by atoms with Gasteiger partial charge in [-0.2, -0.15) is 0 Å². The van der Waals surface area contributed by atoms with Crippen molar-refractivity contribution >= 4 is 11.8 Å². The molecule has 1 aromatic heterocycles. The van der Waals surface area contributed by atoms with Crippen LogP contribution in [0.3, 0.4) is 0 Å². The summed E-state index contributed by atoms with van der Waals surface area (Å²) < 4.78 is 5.16. The minimum Gasteiger partial charge on any atom is -0.497 e. The van der Waals surface area contributed by atoms with E-state index in [1.165, 1.54) is 0 Å². The molecular formula is C22H25N3O3. The van der Waals surface area contributed by atoms with Crippen LogP contribution in [0.5, 0.6) is 5.75 Å². The first-order valence-electron chi connectivity index (χ1n) is 9.71. The predicted octanol–water partition coefficient (Wildman–Crippen LogP) is 2.44. The zero-order valence-corrected chi connectivity index (χ0v) is 16.1. The largest absolute Gasteiger partial charge is 0.497 e. The van der Waals surface area contributed by atoms with Crippen molar-refractivity contribution in [3.8, 4) is 5.75 Å². The van der Waals surface area contributed by atoms with Gasteiger partial charge in [0.05, 0.1) is 13.5 Å². The molecule has 0 radical (unpaired) electrons. The first-order chi connectivity index (χ1) is 13.6. The number of carbonyl (C=O) groups is 2. The summed E-state index contributed by atoms with van der Waals surface area (Å²) in [7, 11) is 1.63. The molecule has 0 bridgehead atoms. The number of hydrogen-bond acceptors (Lipinski definition) is 4. The maximum atomic E-state index is 12.6. The number of methoxy groups -OCH3 is 1. The fraction of sp³-hybridized carbons (Fsp3) is 0.409. The summed E-state index contributed by atoms with van der Waals surface area (Å²) in [5.74, 6) is 0.921. The molecule has 1 aliphatic heterocycles. The molecule has 1 saturated heterocycles. The summed E-state index contributed by atoms with van der Waals surface area (Å²) in [6.07, 6.45) is 6.57. The zero-order valence-electron chi connectivity index (χ0n) is 16.1. The molecule has 1 atom stereocenters. The second-order valence-corrected chi connectivity index (χ2v) is 7.73. The standard InChI is InChI=1S/C22H25N3O3/c1-28-18-4-2-16(3-5-18)14-20(26)25-12-8-22(9-13-25)15-19(22)24-21(27)17-6-10-23-11-7-17/h2-7,10-11,19H,8-9,12-15H2,1H3,(H,24,27). The Morgan fingerprint density at radius 3 is 2.46 bits per heavy atom. The van der Waals surface area contributed by atoms with Gasteiger partial charge in [-0.3, -0.25) is 14.6 Å². The Bertz CT molecular complexity index is 843. The van der Waals surface area contributed by atoms with E-state index in [1.807, 2.05) is 29.2 Å². The molecule has 4 rings (SSSR count). The average molecular weight is 379 g/mol. The smallest absolute Gasteiger partial charge is 0.251 e. The summed E-state index contributed by atoms with van der Waals surface area (Å²) in [6.45, 7) is 1.52. The van der Waals surface area contributed by atoms with Crippen LogP contribution in [-0.4, -0.2) is 47.9 Å². The van der Waals surface area contributed by atoms with Crippen molar-refractivity contribution < 1.29 is 14.3 Å². The van der Waals surface area contributed by atoms with Gasteiger partial charge in [-0.15, -0.1) is 0 Å². The van der Waals surface area contributed by atoms with Gasteiger partial charge in [0.2, 0.25) is 5.91 Å². The maximum Gasteiger partial charge on any atom is 0.251 e. The summed E-state index contributed by atoms with van der Waals surface area (Å²) in [5, 5.41) is 3.14. The number of carbonyl (C=O) groups excluding carboxylic acids is 2. The molecule has 146 valence electrons. The predicted molar refractivity (Wildman–Crippen MR) is 105 cm³/mol. The van der Waals surface area contributed by atoms with Crippen LogP contribution in [-0.2, 0) is 11.2 Å². The first-order valence-corrected chi connectivity index (χ1v) is 9.71. The number of piperidine rings is 1. The summed E-state index contributed by atoms with van der Waals surface area (Å²) >= 11 is 0. The first kappa shape index (κ1) is 18.5. The van der Waals surface area contributed by atoms with Crippen LogP contribution < -0.4 is 10.1 Å². The van der Waals surface area contributed by atoms with Gasteiger partial charge in [0.25, 0.3) is 5.91 Å². The lowest BCUT2D eigenvalue weighted by Crippen LogP contribution is -2.42. The molecule has 2 aliphatic rings. The second-order valence-electron chi connectivity index (χ2n) is 7.73. The molecule has 1 aromatic carbocycles. The van der Waals surface area contributed by atoms with Gasteiger partial charge in [0.15, 0.2) is 0 Å². The van der Waals surface area contributed by atoms with E-state index in [4.69, 9.17) is 4.74 Å². The van der Waals surface area contributed by atoms with Gasteiger partial charge in [-0.25, -0.2) is 0 Å². The third-order valence-corrected chi connectivity index (χ3v) is 6.06. The van der Waals surface area contributed by atoms with Crippen LogP contribution in [0.4, 0.5) is 0 Å². The SMILES string of the molecule is COc1ccc(CC(=O)N2CCC3(CC2)CC3NC(=O)c2ccncc2)cc1. The maximum absolute atomic E-state index is 12.6. The van der Waals surface area contributed by atoms with Crippen molar-refractivity contribution in [1.82, 2.24) is 15.2 Å². The molecule has 2 amide bonds. The lowest BCUT2D eigenvalue weighted by atomic mass is 9.92. The Labute approximate surface area is 164 Å². The van der Waals surface area contributed by atoms with Crippen LogP contribution >= 0.6 is 0 Å². The monoisotopic (exact) mass is 379 g/mol. The van der Waals surface area contributed by atoms with Crippen molar-refractivity contribution in [2.75, 3.05) is 20.2 Å². The highest BCUT2D eigenvalue weighted by Gasteiger charge is 2.55. The van der Waals surface area contributed by atoms with E-state index in [1.54, 1.807) is 31.6 Å². The summed E-state index contributed by atoms with van der Waals surface area (Å²) in [5.41, 5.74) is 1.81. The normalized spacial score (nSPS) is 19.9. The Hall–Kier alpha value is -2.89. The van der Waals surface area contributed by atoms with Crippen molar-refractivity contribution in [3.63, 3.8) is 0 Å². The number of nitrogens with zero attached hydrogens (tertiary/aromatic N) is 2. The number of hydrogen-bond donors (Lipinski definition) is 1. The van der Waals surface area contributed by atoms with Crippen LogP contribution in [0.1, 0.15) is 35.2 Å². The van der Waals surface area contributed by atoms with E-state index in [0.29, 0.717) is 12.0 Å². The second kappa shape index (κ2) is 7.62. The molecule has 6 nitrogen and oxygen atoms in total. The lowest BCUT2D eigenvalue weighted by molar-refractivity contribution is -0.132. The Morgan fingerprint density at radius 2 is 1.82 bits per heavy atom. The fourth-order valence-electron chi connectivity index (χ4n) is 4.08. The molecule has 28 heavy (non-hydrogen) atoms. The Kier molecular flexibility index (Phi) is 5.03. The Morgan fingerprint density at radius 1 is 1.14 bits per heavy atom. The number of ether oxygens (including phenoxy) is 1. The molecule has 2 heterocycles. The third-order valence-electron chi connectivity index (χ3n) is 6.06. The number of pyridine rings is 1. The van der Waals surface area contributed by atoms with Gasteiger partial charge < -0.3 is 15.0 Å². The van der Waals surface area contributed by atoms with Crippen LogP contribution in [0, 0.1) is 5.41 Å². The minimum absolute atomic E-state index is 0.0395. The minimum atomic E-state index is -0.0395.